The number of carbonyl (C=O) groups excluding carboxylic acids is 3. The maximum atomic E-state index is 12.2. The number of ether oxygens (including phenoxy) is 1. The standard InChI is InChI=1S/C19H25N5O4/c1-11-9-12(2)24(23-11)15-8-7-14(10-20-15)17(26)28-13(3)16(25)21-18(27)22-19(4,5)6/h7-10,13H,1-6H3,(H2,21,22,25,27). The Hall–Kier alpha value is -3.23. The van der Waals surface area contributed by atoms with Gasteiger partial charge in [0.2, 0.25) is 0 Å². The Morgan fingerprint density at radius 2 is 1.86 bits per heavy atom. The number of aryl methyl sites for hydroxylation is 2. The predicted octanol–water partition coefficient (Wildman–Crippen LogP) is 2.05. The number of nitrogens with zero attached hydrogens (tertiary/aromatic N) is 3. The number of nitrogens with one attached hydrogen (secondary N) is 2. The van der Waals surface area contributed by atoms with Crippen molar-refractivity contribution in [3.8, 4) is 5.82 Å². The van der Waals surface area contributed by atoms with Crippen LogP contribution in [0.15, 0.2) is 24.4 Å². The van der Waals surface area contributed by atoms with Gasteiger partial charge in [-0.05, 0) is 59.7 Å². The molecule has 2 N–H and O–H groups in total. The minimum Gasteiger partial charge on any atom is -0.449 e. The number of pyridine rings is 1. The molecule has 0 bridgehead atoms. The number of urea groups is 1. The molecule has 0 fully saturated rings. The summed E-state index contributed by atoms with van der Waals surface area (Å²) in [5.41, 5.74) is 1.46. The van der Waals surface area contributed by atoms with Crippen molar-refractivity contribution < 1.29 is 19.1 Å². The lowest BCUT2D eigenvalue weighted by atomic mass is 10.1. The number of hydrogen-bond acceptors (Lipinski definition) is 6. The van der Waals surface area contributed by atoms with Crippen LogP contribution in [-0.4, -0.2) is 44.3 Å². The van der Waals surface area contributed by atoms with E-state index < -0.39 is 29.6 Å². The van der Waals surface area contributed by atoms with E-state index in [9.17, 15) is 14.4 Å². The fourth-order valence-corrected chi connectivity index (χ4v) is 2.36. The van der Waals surface area contributed by atoms with Gasteiger partial charge in [-0.15, -0.1) is 0 Å². The number of rotatable bonds is 4. The summed E-state index contributed by atoms with van der Waals surface area (Å²) in [4.78, 5) is 40.2. The quantitative estimate of drug-likeness (QED) is 0.776. The van der Waals surface area contributed by atoms with Crippen LogP contribution in [-0.2, 0) is 9.53 Å². The lowest BCUT2D eigenvalue weighted by Gasteiger charge is -2.21. The van der Waals surface area contributed by atoms with Gasteiger partial charge in [0.25, 0.3) is 5.91 Å². The highest BCUT2D eigenvalue weighted by molar-refractivity contribution is 5.98. The highest BCUT2D eigenvalue weighted by Crippen LogP contribution is 2.11. The Morgan fingerprint density at radius 1 is 1.18 bits per heavy atom. The largest absolute Gasteiger partial charge is 0.449 e. The van der Waals surface area contributed by atoms with E-state index in [0.29, 0.717) is 5.82 Å². The van der Waals surface area contributed by atoms with Crippen LogP contribution < -0.4 is 10.6 Å². The van der Waals surface area contributed by atoms with Gasteiger partial charge < -0.3 is 10.1 Å². The SMILES string of the molecule is Cc1cc(C)n(-c2ccc(C(=O)OC(C)C(=O)NC(=O)NC(C)(C)C)cn2)n1. The van der Waals surface area contributed by atoms with Gasteiger partial charge in [0, 0.05) is 17.4 Å². The molecule has 0 aliphatic heterocycles. The molecule has 0 saturated carbocycles. The van der Waals surface area contributed by atoms with Crippen molar-refractivity contribution in [2.75, 3.05) is 0 Å². The molecule has 28 heavy (non-hydrogen) atoms. The smallest absolute Gasteiger partial charge is 0.340 e. The first-order chi connectivity index (χ1) is 13.0. The Kier molecular flexibility index (Phi) is 6.17. The van der Waals surface area contributed by atoms with Crippen LogP contribution in [0.5, 0.6) is 0 Å². The molecule has 3 amide bonds. The average molecular weight is 387 g/mol. The average Bonchev–Trinajstić information content (AvgIpc) is 2.91. The summed E-state index contributed by atoms with van der Waals surface area (Å²) < 4.78 is 6.77. The Bertz CT molecular complexity index is 881. The van der Waals surface area contributed by atoms with Gasteiger partial charge >= 0.3 is 12.0 Å². The lowest BCUT2D eigenvalue weighted by molar-refractivity contribution is -0.127. The topological polar surface area (TPSA) is 115 Å². The highest BCUT2D eigenvalue weighted by Gasteiger charge is 2.23. The zero-order valence-electron chi connectivity index (χ0n) is 16.9. The van der Waals surface area contributed by atoms with Gasteiger partial charge in [0.15, 0.2) is 11.9 Å². The van der Waals surface area contributed by atoms with Crippen molar-refractivity contribution >= 4 is 17.9 Å². The van der Waals surface area contributed by atoms with Crippen LogP contribution >= 0.6 is 0 Å². The third-order valence-corrected chi connectivity index (χ3v) is 3.59. The molecule has 150 valence electrons. The van der Waals surface area contributed by atoms with Crippen LogP contribution in [0, 0.1) is 13.8 Å². The Balaban J connectivity index is 1.97. The molecule has 2 rings (SSSR count). The summed E-state index contributed by atoms with van der Waals surface area (Å²) in [7, 11) is 0. The van der Waals surface area contributed by atoms with E-state index in [1.807, 2.05) is 19.9 Å². The van der Waals surface area contributed by atoms with Crippen molar-refractivity contribution in [2.24, 2.45) is 0 Å². The first kappa shape index (κ1) is 21.1. The number of imide groups is 1. The van der Waals surface area contributed by atoms with Crippen LogP contribution in [0.2, 0.25) is 0 Å². The van der Waals surface area contributed by atoms with Crippen molar-refractivity contribution in [1.29, 1.82) is 0 Å². The van der Waals surface area contributed by atoms with E-state index >= 15 is 0 Å². The Labute approximate surface area is 163 Å². The molecule has 2 aromatic rings. The van der Waals surface area contributed by atoms with Gasteiger partial charge in [0.1, 0.15) is 0 Å². The summed E-state index contributed by atoms with van der Waals surface area (Å²) in [5, 5.41) is 9.05. The molecule has 0 aliphatic rings. The van der Waals surface area contributed by atoms with E-state index in [0.717, 1.165) is 11.4 Å². The van der Waals surface area contributed by atoms with Crippen molar-refractivity contribution in [3.05, 3.63) is 41.3 Å². The van der Waals surface area contributed by atoms with E-state index in [2.05, 4.69) is 20.7 Å². The monoisotopic (exact) mass is 387 g/mol. The highest BCUT2D eigenvalue weighted by atomic mass is 16.5. The number of hydrogen-bond donors (Lipinski definition) is 2. The van der Waals surface area contributed by atoms with Crippen molar-refractivity contribution in [3.63, 3.8) is 0 Å². The number of amides is 3. The van der Waals surface area contributed by atoms with E-state index in [4.69, 9.17) is 4.74 Å². The molecule has 9 nitrogen and oxygen atoms in total. The zero-order valence-corrected chi connectivity index (χ0v) is 16.9. The first-order valence-electron chi connectivity index (χ1n) is 8.80. The van der Waals surface area contributed by atoms with Gasteiger partial charge in [-0.1, -0.05) is 0 Å². The molecule has 2 heterocycles. The summed E-state index contributed by atoms with van der Waals surface area (Å²) in [5.74, 6) is -0.875. The molecule has 0 spiro atoms. The summed E-state index contributed by atoms with van der Waals surface area (Å²) >= 11 is 0. The van der Waals surface area contributed by atoms with Crippen LogP contribution in [0.3, 0.4) is 0 Å². The lowest BCUT2D eigenvalue weighted by Crippen LogP contribution is -2.50. The van der Waals surface area contributed by atoms with Gasteiger partial charge in [-0.3, -0.25) is 10.1 Å². The molecule has 0 radical (unpaired) electrons. The van der Waals surface area contributed by atoms with E-state index in [1.165, 1.54) is 19.2 Å². The Morgan fingerprint density at radius 3 is 2.36 bits per heavy atom. The maximum absolute atomic E-state index is 12.2. The normalized spacial score (nSPS) is 12.2. The second-order valence-corrected chi connectivity index (χ2v) is 7.48. The number of esters is 1. The molecule has 0 aromatic carbocycles. The summed E-state index contributed by atoms with van der Waals surface area (Å²) in [6.45, 7) is 10.5. The van der Waals surface area contributed by atoms with Gasteiger partial charge in [-0.25, -0.2) is 19.3 Å². The molecule has 0 aliphatic carbocycles. The molecular formula is C19H25N5O4. The molecule has 1 unspecified atom stereocenters. The minimum atomic E-state index is -1.14. The van der Waals surface area contributed by atoms with Gasteiger partial charge in [-0.2, -0.15) is 5.10 Å². The van der Waals surface area contributed by atoms with Crippen LogP contribution in [0.25, 0.3) is 5.82 Å². The molecule has 1 atom stereocenters. The second kappa shape index (κ2) is 8.20. The fraction of sp³-hybridized carbons (Fsp3) is 0.421. The molecule has 9 heteroatoms. The molecule has 0 saturated heterocycles. The third-order valence-electron chi connectivity index (χ3n) is 3.59. The summed E-state index contributed by atoms with van der Waals surface area (Å²) in [6.07, 6.45) is 0.208. The van der Waals surface area contributed by atoms with E-state index in [-0.39, 0.29) is 5.56 Å². The number of aromatic nitrogens is 3. The van der Waals surface area contributed by atoms with Crippen LogP contribution in [0.4, 0.5) is 4.79 Å². The fourth-order valence-electron chi connectivity index (χ4n) is 2.36. The first-order valence-corrected chi connectivity index (χ1v) is 8.80. The number of carbonyl (C=O) groups is 3. The maximum Gasteiger partial charge on any atom is 0.340 e. The zero-order chi connectivity index (χ0) is 21.1. The minimum absolute atomic E-state index is 0.184. The van der Waals surface area contributed by atoms with Crippen LogP contribution in [0.1, 0.15) is 49.4 Å². The third kappa shape index (κ3) is 5.63. The molecular weight excluding hydrogens is 362 g/mol. The summed E-state index contributed by atoms with van der Waals surface area (Å²) in [6, 6.07) is 4.44. The van der Waals surface area contributed by atoms with E-state index in [1.54, 1.807) is 31.5 Å². The second-order valence-electron chi connectivity index (χ2n) is 7.48. The van der Waals surface area contributed by atoms with Gasteiger partial charge in [0.05, 0.1) is 11.3 Å². The molecule has 2 aromatic heterocycles. The van der Waals surface area contributed by atoms with Crippen molar-refractivity contribution in [2.45, 2.75) is 53.2 Å². The van der Waals surface area contributed by atoms with Crippen molar-refractivity contribution in [1.82, 2.24) is 25.4 Å². The predicted molar refractivity (Wildman–Crippen MR) is 102 cm³/mol.